The Balaban J connectivity index is 2.12. The van der Waals surface area contributed by atoms with Gasteiger partial charge in [0.1, 0.15) is 0 Å². The predicted octanol–water partition coefficient (Wildman–Crippen LogP) is 4.52. The molecule has 0 bridgehead atoms. The van der Waals surface area contributed by atoms with Gasteiger partial charge in [-0.05, 0) is 36.8 Å². The summed E-state index contributed by atoms with van der Waals surface area (Å²) in [4.78, 5) is 4.33. The van der Waals surface area contributed by atoms with Crippen LogP contribution in [-0.2, 0) is 0 Å². The number of rotatable bonds is 2. The molecule has 0 aliphatic carbocycles. The van der Waals surface area contributed by atoms with Crippen molar-refractivity contribution in [3.05, 3.63) is 59.2 Å². The minimum atomic E-state index is 0.675. The Morgan fingerprint density at radius 3 is 2.70 bits per heavy atom. The van der Waals surface area contributed by atoms with Crippen molar-refractivity contribution >= 4 is 39.6 Å². The Bertz CT molecular complexity index is 784. The Morgan fingerprint density at radius 1 is 1.05 bits per heavy atom. The second-order valence-corrected chi connectivity index (χ2v) is 5.05. The first-order valence-electron chi connectivity index (χ1n) is 6.32. The van der Waals surface area contributed by atoms with E-state index in [4.69, 9.17) is 17.3 Å². The van der Waals surface area contributed by atoms with Crippen molar-refractivity contribution in [3.63, 3.8) is 0 Å². The van der Waals surface area contributed by atoms with Gasteiger partial charge >= 0.3 is 0 Å². The lowest BCUT2D eigenvalue weighted by atomic mass is 10.1. The summed E-state index contributed by atoms with van der Waals surface area (Å²) in [6, 6.07) is 13.5. The van der Waals surface area contributed by atoms with E-state index >= 15 is 0 Å². The van der Waals surface area contributed by atoms with Crippen LogP contribution in [-0.4, -0.2) is 4.98 Å². The molecular weight excluding hydrogens is 270 g/mol. The van der Waals surface area contributed by atoms with Crippen LogP contribution >= 0.6 is 11.6 Å². The molecule has 2 aromatic carbocycles. The maximum absolute atomic E-state index is 6.15. The minimum Gasteiger partial charge on any atom is -0.397 e. The average Bonchev–Trinajstić information content (AvgIpc) is 2.45. The molecule has 0 saturated heterocycles. The molecule has 3 rings (SSSR count). The summed E-state index contributed by atoms with van der Waals surface area (Å²) in [6.45, 7) is 1.99. The number of anilines is 3. The largest absolute Gasteiger partial charge is 0.397 e. The minimum absolute atomic E-state index is 0.675. The third-order valence-electron chi connectivity index (χ3n) is 3.34. The Morgan fingerprint density at radius 2 is 1.85 bits per heavy atom. The highest BCUT2D eigenvalue weighted by Crippen LogP contribution is 2.31. The van der Waals surface area contributed by atoms with E-state index in [-0.39, 0.29) is 0 Å². The van der Waals surface area contributed by atoms with E-state index in [1.807, 2.05) is 49.4 Å². The zero-order valence-corrected chi connectivity index (χ0v) is 11.8. The second-order valence-electron chi connectivity index (χ2n) is 4.64. The van der Waals surface area contributed by atoms with Crippen molar-refractivity contribution in [2.75, 3.05) is 11.1 Å². The molecule has 1 heterocycles. The lowest BCUT2D eigenvalue weighted by Crippen LogP contribution is -1.96. The molecule has 0 atom stereocenters. The summed E-state index contributed by atoms with van der Waals surface area (Å²) in [5, 5.41) is 5.14. The Hall–Kier alpha value is -2.26. The van der Waals surface area contributed by atoms with Gasteiger partial charge in [0, 0.05) is 28.0 Å². The van der Waals surface area contributed by atoms with Crippen molar-refractivity contribution < 1.29 is 0 Å². The number of fused-ring (bicyclic) bond motifs is 1. The molecule has 3 aromatic rings. The molecule has 0 fully saturated rings. The lowest BCUT2D eigenvalue weighted by Gasteiger charge is -2.13. The fourth-order valence-electron chi connectivity index (χ4n) is 2.20. The van der Waals surface area contributed by atoms with Gasteiger partial charge in [0.15, 0.2) is 0 Å². The zero-order chi connectivity index (χ0) is 14.1. The van der Waals surface area contributed by atoms with E-state index in [9.17, 15) is 0 Å². The van der Waals surface area contributed by atoms with E-state index in [1.54, 1.807) is 6.20 Å². The first kappa shape index (κ1) is 12.8. The summed E-state index contributed by atoms with van der Waals surface area (Å²) in [7, 11) is 0. The number of hydrogen-bond donors (Lipinski definition) is 2. The maximum Gasteiger partial charge on any atom is 0.0951 e. The summed E-state index contributed by atoms with van der Waals surface area (Å²) in [6.07, 6.45) is 1.75. The monoisotopic (exact) mass is 283 g/mol. The third-order valence-corrected chi connectivity index (χ3v) is 3.75. The smallest absolute Gasteiger partial charge is 0.0951 e. The van der Waals surface area contributed by atoms with E-state index in [1.165, 1.54) is 0 Å². The molecule has 0 aliphatic heterocycles. The molecular formula is C16H14ClN3. The van der Waals surface area contributed by atoms with Crippen LogP contribution in [0.4, 0.5) is 17.1 Å². The highest BCUT2D eigenvalue weighted by atomic mass is 35.5. The van der Waals surface area contributed by atoms with Gasteiger partial charge in [0.05, 0.1) is 11.2 Å². The molecule has 1 aromatic heterocycles. The van der Waals surface area contributed by atoms with Crippen molar-refractivity contribution in [2.45, 2.75) is 6.92 Å². The number of aromatic nitrogens is 1. The summed E-state index contributed by atoms with van der Waals surface area (Å²) in [5.41, 5.74) is 10.4. The van der Waals surface area contributed by atoms with E-state index in [2.05, 4.69) is 10.3 Å². The van der Waals surface area contributed by atoms with Crippen LogP contribution in [0, 0.1) is 6.92 Å². The summed E-state index contributed by atoms with van der Waals surface area (Å²) in [5.74, 6) is 0. The molecule has 20 heavy (non-hydrogen) atoms. The van der Waals surface area contributed by atoms with Gasteiger partial charge in [0.25, 0.3) is 0 Å². The molecule has 0 unspecified atom stereocenters. The fourth-order valence-corrected chi connectivity index (χ4v) is 2.37. The number of nitrogen functional groups attached to an aromatic ring is 1. The molecule has 100 valence electrons. The number of hydrogen-bond acceptors (Lipinski definition) is 3. The van der Waals surface area contributed by atoms with Crippen LogP contribution in [0.1, 0.15) is 5.56 Å². The number of nitrogens with one attached hydrogen (secondary N) is 1. The zero-order valence-electron chi connectivity index (χ0n) is 11.0. The molecule has 4 heteroatoms. The first-order chi connectivity index (χ1) is 9.66. The second kappa shape index (κ2) is 5.02. The van der Waals surface area contributed by atoms with Gasteiger partial charge < -0.3 is 11.1 Å². The maximum atomic E-state index is 6.15. The van der Waals surface area contributed by atoms with E-state index < -0.39 is 0 Å². The van der Waals surface area contributed by atoms with Gasteiger partial charge in [-0.2, -0.15) is 0 Å². The number of pyridine rings is 1. The highest BCUT2D eigenvalue weighted by molar-refractivity contribution is 6.31. The van der Waals surface area contributed by atoms with Crippen molar-refractivity contribution in [1.29, 1.82) is 0 Å². The van der Waals surface area contributed by atoms with Crippen LogP contribution in [0.3, 0.4) is 0 Å². The van der Waals surface area contributed by atoms with Crippen LogP contribution < -0.4 is 11.1 Å². The number of nitrogens with two attached hydrogens (primary N) is 1. The van der Waals surface area contributed by atoms with Crippen molar-refractivity contribution in [2.24, 2.45) is 0 Å². The molecule has 0 saturated carbocycles. The molecule has 3 nitrogen and oxygen atoms in total. The van der Waals surface area contributed by atoms with Crippen LogP contribution in [0.25, 0.3) is 10.9 Å². The quantitative estimate of drug-likeness (QED) is 0.680. The van der Waals surface area contributed by atoms with Gasteiger partial charge in [-0.25, -0.2) is 0 Å². The van der Waals surface area contributed by atoms with Gasteiger partial charge in [-0.1, -0.05) is 29.8 Å². The SMILES string of the molecule is Cc1c(Cl)cccc1Nc1ccnc2c(N)cccc12. The topological polar surface area (TPSA) is 50.9 Å². The van der Waals surface area contributed by atoms with Crippen LogP contribution in [0.5, 0.6) is 0 Å². The lowest BCUT2D eigenvalue weighted by molar-refractivity contribution is 1.39. The number of benzene rings is 2. The summed E-state index contributed by atoms with van der Waals surface area (Å²) < 4.78 is 0. The molecule has 0 amide bonds. The van der Waals surface area contributed by atoms with Gasteiger partial charge in [-0.15, -0.1) is 0 Å². The average molecular weight is 284 g/mol. The van der Waals surface area contributed by atoms with Crippen LogP contribution in [0.2, 0.25) is 5.02 Å². The summed E-state index contributed by atoms with van der Waals surface area (Å²) >= 11 is 6.15. The van der Waals surface area contributed by atoms with Gasteiger partial charge in [0.2, 0.25) is 0 Å². The standard InChI is InChI=1S/C16H14ClN3/c1-10-12(17)5-3-7-14(10)20-15-8-9-19-16-11(15)4-2-6-13(16)18/h2-9H,18H2,1H3,(H,19,20). The van der Waals surface area contributed by atoms with Crippen molar-refractivity contribution in [3.8, 4) is 0 Å². The number of halogens is 1. The van der Waals surface area contributed by atoms with E-state index in [0.717, 1.165) is 32.9 Å². The van der Waals surface area contributed by atoms with Gasteiger partial charge in [-0.3, -0.25) is 4.98 Å². The van der Waals surface area contributed by atoms with Crippen molar-refractivity contribution in [1.82, 2.24) is 4.98 Å². The molecule has 0 aliphatic rings. The molecule has 0 spiro atoms. The predicted molar refractivity (Wildman–Crippen MR) is 85.6 cm³/mol. The number of nitrogens with zero attached hydrogens (tertiary/aromatic N) is 1. The first-order valence-corrected chi connectivity index (χ1v) is 6.70. The Kier molecular flexibility index (Phi) is 3.20. The van der Waals surface area contributed by atoms with E-state index in [0.29, 0.717) is 5.69 Å². The van der Waals surface area contributed by atoms with Crippen LogP contribution in [0.15, 0.2) is 48.7 Å². The number of para-hydroxylation sites is 1. The Labute approximate surface area is 122 Å². The third kappa shape index (κ3) is 2.17. The molecule has 3 N–H and O–H groups in total. The normalized spacial score (nSPS) is 10.7. The highest BCUT2D eigenvalue weighted by Gasteiger charge is 2.07. The molecule has 0 radical (unpaired) electrons. The fraction of sp³-hybridized carbons (Fsp3) is 0.0625.